The molecule has 0 bridgehead atoms. The Bertz CT molecular complexity index is 409. The van der Waals surface area contributed by atoms with Crippen LogP contribution in [-0.4, -0.2) is 6.10 Å². The smallest absolute Gasteiger partial charge is 0.140 e. The van der Waals surface area contributed by atoms with Gasteiger partial charge >= 0.3 is 0 Å². The lowest BCUT2D eigenvalue weighted by molar-refractivity contribution is 0.302. The summed E-state index contributed by atoms with van der Waals surface area (Å²) in [6.07, 6.45) is 2.40. The summed E-state index contributed by atoms with van der Waals surface area (Å²) in [5.74, 6) is 0.578. The molecule has 2 rings (SSSR count). The van der Waals surface area contributed by atoms with E-state index in [2.05, 4.69) is 22.0 Å². The largest absolute Gasteiger partial charge is 0.489 e. The second kappa shape index (κ2) is 3.80. The van der Waals surface area contributed by atoms with E-state index in [9.17, 15) is 0 Å². The monoisotopic (exact) mass is 271 g/mol. The van der Waals surface area contributed by atoms with Crippen LogP contribution in [0.2, 0.25) is 5.02 Å². The lowest BCUT2D eigenvalue weighted by Gasteiger charge is -2.07. The van der Waals surface area contributed by atoms with Crippen molar-refractivity contribution < 1.29 is 4.74 Å². The molecule has 0 heterocycles. The van der Waals surface area contributed by atoms with Gasteiger partial charge in [-0.15, -0.1) is 0 Å². The van der Waals surface area contributed by atoms with Crippen molar-refractivity contribution in [2.45, 2.75) is 18.9 Å². The summed E-state index contributed by atoms with van der Waals surface area (Å²) in [7, 11) is 0. The second-order valence-electron chi connectivity index (χ2n) is 3.19. The van der Waals surface area contributed by atoms with Crippen LogP contribution in [0.1, 0.15) is 18.4 Å². The topological polar surface area (TPSA) is 33.0 Å². The van der Waals surface area contributed by atoms with Gasteiger partial charge in [-0.3, -0.25) is 0 Å². The Morgan fingerprint density at radius 1 is 1.50 bits per heavy atom. The van der Waals surface area contributed by atoms with Crippen LogP contribution in [0.5, 0.6) is 5.75 Å². The number of rotatable bonds is 2. The van der Waals surface area contributed by atoms with Crippen LogP contribution in [0.15, 0.2) is 16.6 Å². The number of hydrogen-bond donors (Lipinski definition) is 0. The number of halogens is 2. The third-order valence-corrected chi connectivity index (χ3v) is 2.79. The van der Waals surface area contributed by atoms with Crippen LogP contribution in [0, 0.1) is 11.3 Å². The summed E-state index contributed by atoms with van der Waals surface area (Å²) in [4.78, 5) is 0. The van der Waals surface area contributed by atoms with Gasteiger partial charge in [-0.2, -0.15) is 5.26 Å². The predicted molar refractivity (Wildman–Crippen MR) is 57.5 cm³/mol. The summed E-state index contributed by atoms with van der Waals surface area (Å²) >= 11 is 9.15. The Morgan fingerprint density at radius 3 is 2.79 bits per heavy atom. The predicted octanol–water partition coefficient (Wildman–Crippen LogP) is 3.52. The van der Waals surface area contributed by atoms with E-state index in [0.717, 1.165) is 12.8 Å². The van der Waals surface area contributed by atoms with Crippen LogP contribution in [0.3, 0.4) is 0 Å². The van der Waals surface area contributed by atoms with Gasteiger partial charge in [0, 0.05) is 15.6 Å². The van der Waals surface area contributed by atoms with Gasteiger partial charge in [0.05, 0.1) is 6.10 Å². The zero-order valence-corrected chi connectivity index (χ0v) is 9.60. The molecule has 4 heteroatoms. The number of benzene rings is 1. The average Bonchev–Trinajstić information content (AvgIpc) is 2.87. The minimum atomic E-state index is 0.271. The molecule has 1 aromatic rings. The van der Waals surface area contributed by atoms with Crippen LogP contribution in [0.4, 0.5) is 0 Å². The SMILES string of the molecule is N#Cc1c(Br)cc(Cl)cc1OC1CC1. The maximum atomic E-state index is 8.92. The molecule has 1 aliphatic carbocycles. The van der Waals surface area contributed by atoms with Crippen LogP contribution in [-0.2, 0) is 0 Å². The van der Waals surface area contributed by atoms with E-state index < -0.39 is 0 Å². The van der Waals surface area contributed by atoms with Crippen LogP contribution >= 0.6 is 27.5 Å². The molecule has 1 fully saturated rings. The molecule has 0 amide bonds. The zero-order chi connectivity index (χ0) is 10.1. The van der Waals surface area contributed by atoms with Crippen LogP contribution in [0.25, 0.3) is 0 Å². The Morgan fingerprint density at radius 2 is 2.21 bits per heavy atom. The van der Waals surface area contributed by atoms with Gasteiger partial charge in [-0.1, -0.05) is 11.6 Å². The summed E-state index contributed by atoms with van der Waals surface area (Å²) in [6.45, 7) is 0. The Balaban J connectivity index is 2.39. The zero-order valence-electron chi connectivity index (χ0n) is 7.26. The fourth-order valence-corrected chi connectivity index (χ4v) is 1.99. The molecule has 0 saturated heterocycles. The average molecular weight is 273 g/mol. The fraction of sp³-hybridized carbons (Fsp3) is 0.300. The minimum absolute atomic E-state index is 0.271. The highest BCUT2D eigenvalue weighted by atomic mass is 79.9. The van der Waals surface area contributed by atoms with E-state index in [1.54, 1.807) is 12.1 Å². The quantitative estimate of drug-likeness (QED) is 0.825. The van der Waals surface area contributed by atoms with Crippen molar-refractivity contribution in [3.63, 3.8) is 0 Å². The Hall–Kier alpha value is -0.720. The van der Waals surface area contributed by atoms with E-state index in [0.29, 0.717) is 20.8 Å². The lowest BCUT2D eigenvalue weighted by atomic mass is 10.2. The number of nitriles is 1. The molecule has 0 aromatic heterocycles. The first-order valence-corrected chi connectivity index (χ1v) is 5.43. The number of ether oxygens (including phenoxy) is 1. The standard InChI is InChI=1S/C10H7BrClNO/c11-9-3-6(12)4-10(8(9)5-13)14-7-1-2-7/h3-4,7H,1-2H2. The molecule has 1 saturated carbocycles. The number of hydrogen-bond acceptors (Lipinski definition) is 2. The van der Waals surface area contributed by atoms with Crippen molar-refractivity contribution >= 4 is 27.5 Å². The summed E-state index contributed by atoms with van der Waals surface area (Å²) < 4.78 is 6.26. The first-order valence-electron chi connectivity index (χ1n) is 4.26. The molecule has 1 aliphatic rings. The van der Waals surface area contributed by atoms with Gasteiger partial charge in [0.1, 0.15) is 17.4 Å². The summed E-state index contributed by atoms with van der Waals surface area (Å²) in [5.41, 5.74) is 0.515. The summed E-state index contributed by atoms with van der Waals surface area (Å²) in [5, 5.41) is 9.50. The Kier molecular flexibility index (Phi) is 2.66. The molecule has 0 radical (unpaired) electrons. The van der Waals surface area contributed by atoms with Gasteiger partial charge in [0.25, 0.3) is 0 Å². The van der Waals surface area contributed by atoms with Crippen LogP contribution < -0.4 is 4.74 Å². The molecule has 0 unspecified atom stereocenters. The molecule has 72 valence electrons. The Labute approximate surface area is 95.6 Å². The second-order valence-corrected chi connectivity index (χ2v) is 4.48. The maximum Gasteiger partial charge on any atom is 0.140 e. The van der Waals surface area contributed by atoms with Gasteiger partial charge < -0.3 is 4.74 Å². The van der Waals surface area contributed by atoms with Gasteiger partial charge in [0.2, 0.25) is 0 Å². The van der Waals surface area contributed by atoms with Crippen molar-refractivity contribution in [3.05, 3.63) is 27.2 Å². The highest BCUT2D eigenvalue weighted by Crippen LogP contribution is 2.34. The number of nitrogens with zero attached hydrogens (tertiary/aromatic N) is 1. The van der Waals surface area contributed by atoms with E-state index >= 15 is 0 Å². The molecule has 1 aromatic carbocycles. The first kappa shape index (κ1) is 9.82. The third-order valence-electron chi connectivity index (χ3n) is 1.95. The van der Waals surface area contributed by atoms with E-state index in [1.165, 1.54) is 0 Å². The minimum Gasteiger partial charge on any atom is -0.489 e. The van der Waals surface area contributed by atoms with Gasteiger partial charge in [-0.25, -0.2) is 0 Å². The van der Waals surface area contributed by atoms with Crippen molar-refractivity contribution in [2.24, 2.45) is 0 Å². The first-order chi connectivity index (χ1) is 6.70. The van der Waals surface area contributed by atoms with E-state index in [-0.39, 0.29) is 6.10 Å². The molecule has 0 spiro atoms. The van der Waals surface area contributed by atoms with Crippen molar-refractivity contribution in [1.29, 1.82) is 5.26 Å². The summed E-state index contributed by atoms with van der Waals surface area (Å²) in [6, 6.07) is 5.47. The van der Waals surface area contributed by atoms with Crippen molar-refractivity contribution in [2.75, 3.05) is 0 Å². The van der Waals surface area contributed by atoms with Crippen molar-refractivity contribution in [3.8, 4) is 11.8 Å². The van der Waals surface area contributed by atoms with Gasteiger partial charge in [0.15, 0.2) is 0 Å². The van der Waals surface area contributed by atoms with E-state index in [4.69, 9.17) is 21.6 Å². The molecular formula is C10H7BrClNO. The highest BCUT2D eigenvalue weighted by molar-refractivity contribution is 9.10. The highest BCUT2D eigenvalue weighted by Gasteiger charge is 2.25. The molecule has 14 heavy (non-hydrogen) atoms. The lowest BCUT2D eigenvalue weighted by Crippen LogP contribution is -1.98. The van der Waals surface area contributed by atoms with Crippen molar-refractivity contribution in [1.82, 2.24) is 0 Å². The molecular weight excluding hydrogens is 265 g/mol. The molecule has 2 nitrogen and oxygen atoms in total. The third kappa shape index (κ3) is 2.02. The van der Waals surface area contributed by atoms with E-state index in [1.807, 2.05) is 0 Å². The molecule has 0 N–H and O–H groups in total. The molecule has 0 atom stereocenters. The fourth-order valence-electron chi connectivity index (χ4n) is 1.12. The van der Waals surface area contributed by atoms with Gasteiger partial charge in [-0.05, 0) is 34.8 Å². The maximum absolute atomic E-state index is 8.92. The normalized spacial score (nSPS) is 14.9. The molecule has 0 aliphatic heterocycles.